The van der Waals surface area contributed by atoms with Crippen LogP contribution in [0.3, 0.4) is 0 Å². The SMILES string of the molecule is Cn1cc(N)c2cccc(C(=O)O)c21. The Bertz CT molecular complexity index is 514. The van der Waals surface area contributed by atoms with Gasteiger partial charge in [-0.05, 0) is 6.07 Å². The van der Waals surface area contributed by atoms with Crippen LogP contribution in [0.5, 0.6) is 0 Å². The monoisotopic (exact) mass is 190 g/mol. The number of nitrogens with zero attached hydrogens (tertiary/aromatic N) is 1. The van der Waals surface area contributed by atoms with Crippen molar-refractivity contribution < 1.29 is 9.90 Å². The van der Waals surface area contributed by atoms with E-state index in [1.807, 2.05) is 6.07 Å². The van der Waals surface area contributed by atoms with Crippen molar-refractivity contribution in [1.82, 2.24) is 4.57 Å². The van der Waals surface area contributed by atoms with Gasteiger partial charge < -0.3 is 15.4 Å². The zero-order chi connectivity index (χ0) is 10.3. The molecule has 72 valence electrons. The largest absolute Gasteiger partial charge is 0.478 e. The van der Waals surface area contributed by atoms with Crippen molar-refractivity contribution in [3.8, 4) is 0 Å². The lowest BCUT2D eigenvalue weighted by atomic mass is 10.1. The van der Waals surface area contributed by atoms with Crippen molar-refractivity contribution in [1.29, 1.82) is 0 Å². The number of anilines is 1. The summed E-state index contributed by atoms with van der Waals surface area (Å²) < 4.78 is 1.73. The van der Waals surface area contributed by atoms with Gasteiger partial charge in [0.2, 0.25) is 0 Å². The van der Waals surface area contributed by atoms with E-state index in [0.717, 1.165) is 5.39 Å². The van der Waals surface area contributed by atoms with Crippen LogP contribution in [0, 0.1) is 0 Å². The highest BCUT2D eigenvalue weighted by molar-refractivity contribution is 6.05. The molecule has 0 aliphatic rings. The Kier molecular flexibility index (Phi) is 1.70. The number of rotatable bonds is 1. The van der Waals surface area contributed by atoms with Gasteiger partial charge in [-0.25, -0.2) is 4.79 Å². The second kappa shape index (κ2) is 2.77. The number of hydrogen-bond donors (Lipinski definition) is 2. The number of fused-ring (bicyclic) bond motifs is 1. The zero-order valence-corrected chi connectivity index (χ0v) is 7.69. The molecule has 0 saturated carbocycles. The van der Waals surface area contributed by atoms with Crippen LogP contribution in [0.25, 0.3) is 10.9 Å². The molecule has 2 aromatic rings. The first-order valence-electron chi connectivity index (χ1n) is 4.18. The Morgan fingerprint density at radius 2 is 2.21 bits per heavy atom. The molecular weight excluding hydrogens is 180 g/mol. The van der Waals surface area contributed by atoms with Gasteiger partial charge in [-0.3, -0.25) is 0 Å². The molecule has 0 unspecified atom stereocenters. The summed E-state index contributed by atoms with van der Waals surface area (Å²) in [5.41, 5.74) is 7.28. The van der Waals surface area contributed by atoms with Crippen LogP contribution in [0.15, 0.2) is 24.4 Å². The molecule has 1 aromatic heterocycles. The molecule has 0 spiro atoms. The first-order valence-corrected chi connectivity index (χ1v) is 4.18. The van der Waals surface area contributed by atoms with E-state index in [0.29, 0.717) is 11.2 Å². The van der Waals surface area contributed by atoms with E-state index in [2.05, 4.69) is 0 Å². The maximum atomic E-state index is 10.9. The summed E-state index contributed by atoms with van der Waals surface area (Å²) >= 11 is 0. The highest BCUT2D eigenvalue weighted by Gasteiger charge is 2.12. The second-order valence-electron chi connectivity index (χ2n) is 3.20. The zero-order valence-electron chi connectivity index (χ0n) is 7.69. The van der Waals surface area contributed by atoms with Crippen molar-refractivity contribution >= 4 is 22.6 Å². The average Bonchev–Trinajstić information content (AvgIpc) is 2.43. The predicted molar refractivity (Wildman–Crippen MR) is 54.3 cm³/mol. The summed E-state index contributed by atoms with van der Waals surface area (Å²) in [5, 5.41) is 9.75. The van der Waals surface area contributed by atoms with E-state index in [1.54, 1.807) is 29.9 Å². The number of carboxylic acids is 1. The second-order valence-corrected chi connectivity index (χ2v) is 3.20. The minimum Gasteiger partial charge on any atom is -0.478 e. The average molecular weight is 190 g/mol. The minimum absolute atomic E-state index is 0.279. The lowest BCUT2D eigenvalue weighted by Crippen LogP contribution is -1.99. The van der Waals surface area contributed by atoms with Crippen molar-refractivity contribution in [2.24, 2.45) is 7.05 Å². The Balaban J connectivity index is 2.92. The van der Waals surface area contributed by atoms with Crippen LogP contribution in [-0.4, -0.2) is 15.6 Å². The van der Waals surface area contributed by atoms with E-state index in [9.17, 15) is 4.79 Å². The van der Waals surface area contributed by atoms with Crippen LogP contribution in [0.2, 0.25) is 0 Å². The molecule has 0 fully saturated rings. The number of nitrogen functional groups attached to an aromatic ring is 1. The molecule has 0 bridgehead atoms. The Labute approximate surface area is 80.6 Å². The molecule has 0 aliphatic heterocycles. The van der Waals surface area contributed by atoms with Crippen LogP contribution < -0.4 is 5.73 Å². The van der Waals surface area contributed by atoms with E-state index in [4.69, 9.17) is 10.8 Å². The molecule has 0 aliphatic carbocycles. The lowest BCUT2D eigenvalue weighted by molar-refractivity contribution is 0.0698. The Morgan fingerprint density at radius 1 is 1.50 bits per heavy atom. The Morgan fingerprint density at radius 3 is 2.86 bits per heavy atom. The third-order valence-electron chi connectivity index (χ3n) is 2.26. The number of benzene rings is 1. The number of aromatic carboxylic acids is 1. The first-order chi connectivity index (χ1) is 6.61. The fourth-order valence-electron chi connectivity index (χ4n) is 1.67. The van der Waals surface area contributed by atoms with Crippen LogP contribution in [-0.2, 0) is 7.05 Å². The van der Waals surface area contributed by atoms with Gasteiger partial charge in [0.05, 0.1) is 16.8 Å². The van der Waals surface area contributed by atoms with E-state index in [1.165, 1.54) is 0 Å². The summed E-state index contributed by atoms with van der Waals surface area (Å²) in [5.74, 6) is -0.934. The molecule has 2 rings (SSSR count). The van der Waals surface area contributed by atoms with Gasteiger partial charge >= 0.3 is 5.97 Å². The number of para-hydroxylation sites is 1. The topological polar surface area (TPSA) is 68.2 Å². The van der Waals surface area contributed by atoms with Crippen molar-refractivity contribution in [3.63, 3.8) is 0 Å². The molecule has 0 saturated heterocycles. The fourth-order valence-corrected chi connectivity index (χ4v) is 1.67. The van der Waals surface area contributed by atoms with Crippen LogP contribution in [0.1, 0.15) is 10.4 Å². The van der Waals surface area contributed by atoms with Crippen molar-refractivity contribution in [2.75, 3.05) is 5.73 Å². The number of aromatic nitrogens is 1. The molecule has 0 atom stereocenters. The van der Waals surface area contributed by atoms with Crippen LogP contribution >= 0.6 is 0 Å². The summed E-state index contributed by atoms with van der Waals surface area (Å²) in [6.45, 7) is 0. The van der Waals surface area contributed by atoms with Crippen molar-refractivity contribution in [2.45, 2.75) is 0 Å². The smallest absolute Gasteiger partial charge is 0.337 e. The summed E-state index contributed by atoms with van der Waals surface area (Å²) in [7, 11) is 1.78. The third-order valence-corrected chi connectivity index (χ3v) is 2.26. The van der Waals surface area contributed by atoms with Crippen LogP contribution in [0.4, 0.5) is 5.69 Å². The van der Waals surface area contributed by atoms with Gasteiger partial charge in [0.1, 0.15) is 0 Å². The summed E-state index contributed by atoms with van der Waals surface area (Å²) in [4.78, 5) is 10.9. The molecule has 1 heterocycles. The third kappa shape index (κ3) is 1.04. The van der Waals surface area contributed by atoms with Gasteiger partial charge in [0.15, 0.2) is 0 Å². The van der Waals surface area contributed by atoms with Crippen molar-refractivity contribution in [3.05, 3.63) is 30.0 Å². The highest BCUT2D eigenvalue weighted by atomic mass is 16.4. The van der Waals surface area contributed by atoms with E-state index < -0.39 is 5.97 Å². The molecule has 1 aromatic carbocycles. The quantitative estimate of drug-likeness (QED) is 0.715. The minimum atomic E-state index is -0.934. The highest BCUT2D eigenvalue weighted by Crippen LogP contribution is 2.25. The number of carboxylic acid groups (broad SMARTS) is 1. The van der Waals surface area contributed by atoms with Gasteiger partial charge in [0, 0.05) is 18.6 Å². The Hall–Kier alpha value is -1.97. The molecule has 4 heteroatoms. The predicted octanol–water partition coefficient (Wildman–Crippen LogP) is 1.46. The molecule has 0 radical (unpaired) electrons. The van der Waals surface area contributed by atoms with E-state index >= 15 is 0 Å². The molecule has 4 nitrogen and oxygen atoms in total. The molecule has 3 N–H and O–H groups in total. The summed E-state index contributed by atoms with van der Waals surface area (Å²) in [6.07, 6.45) is 1.72. The number of carbonyl (C=O) groups is 1. The summed E-state index contributed by atoms with van der Waals surface area (Å²) in [6, 6.07) is 5.09. The first kappa shape index (κ1) is 8.62. The van der Waals surface area contributed by atoms with Gasteiger partial charge in [-0.15, -0.1) is 0 Å². The van der Waals surface area contributed by atoms with E-state index in [-0.39, 0.29) is 5.56 Å². The standard InChI is InChI=1S/C10H10N2O2/c1-12-5-8(11)6-3-2-4-7(9(6)12)10(13)14/h2-5H,11H2,1H3,(H,13,14). The van der Waals surface area contributed by atoms with Gasteiger partial charge in [0.25, 0.3) is 0 Å². The normalized spacial score (nSPS) is 10.6. The molecular formula is C10H10N2O2. The van der Waals surface area contributed by atoms with Gasteiger partial charge in [-0.2, -0.15) is 0 Å². The molecule has 0 amide bonds. The lowest BCUT2D eigenvalue weighted by Gasteiger charge is -2.00. The maximum absolute atomic E-state index is 10.9. The molecule has 14 heavy (non-hydrogen) atoms. The fraction of sp³-hybridized carbons (Fsp3) is 0.100. The number of aryl methyl sites for hydroxylation is 1. The number of nitrogens with two attached hydrogens (primary N) is 1. The van der Waals surface area contributed by atoms with Gasteiger partial charge in [-0.1, -0.05) is 12.1 Å². The maximum Gasteiger partial charge on any atom is 0.337 e. The number of hydrogen-bond acceptors (Lipinski definition) is 2.